The number of ether oxygens (including phenoxy) is 1. The van der Waals surface area contributed by atoms with Gasteiger partial charge in [0.25, 0.3) is 0 Å². The molecule has 1 heterocycles. The number of carbonyl (C=O) groups excluding carboxylic acids is 1. The van der Waals surface area contributed by atoms with Crippen molar-refractivity contribution < 1.29 is 19.4 Å². The molecule has 84 valence electrons. The van der Waals surface area contributed by atoms with E-state index < -0.39 is 5.97 Å². The minimum Gasteiger partial charge on any atom is -0.478 e. The highest BCUT2D eigenvalue weighted by Crippen LogP contribution is 2.29. The van der Waals surface area contributed by atoms with Gasteiger partial charge in [0, 0.05) is 11.3 Å². The maximum Gasteiger partial charge on any atom is 0.335 e. The van der Waals surface area contributed by atoms with Gasteiger partial charge in [-0.3, -0.25) is 4.79 Å². The number of hydrogen-bond donors (Lipinski definition) is 1. The van der Waals surface area contributed by atoms with E-state index in [0.29, 0.717) is 13.0 Å². The Bertz CT molecular complexity index is 412. The molecule has 0 spiro atoms. The minimum atomic E-state index is -0.947. The van der Waals surface area contributed by atoms with Crippen LogP contribution in [0.1, 0.15) is 16.8 Å². The predicted octanol–water partition coefficient (Wildman–Crippen LogP) is 1.79. The van der Waals surface area contributed by atoms with E-state index >= 15 is 0 Å². The maximum atomic E-state index is 11.2. The zero-order chi connectivity index (χ0) is 11.5. The van der Waals surface area contributed by atoms with Crippen molar-refractivity contribution >= 4 is 23.7 Å². The maximum absolute atomic E-state index is 11.2. The van der Waals surface area contributed by atoms with Crippen LogP contribution in [0.25, 0.3) is 0 Å². The third-order valence-electron chi connectivity index (χ3n) is 2.27. The molecule has 0 aliphatic carbocycles. The van der Waals surface area contributed by atoms with Crippen LogP contribution in [0, 0.1) is 0 Å². The Labute approximate surface area is 96.6 Å². The first-order valence-corrected chi connectivity index (χ1v) is 5.71. The number of rotatable bonds is 3. The molecule has 5 heteroatoms. The standard InChI is InChI=1S/C11H10O4S/c12-10(13)7-1-3-8(4-2-7)16-9-5-6-15-11(9)14/h1-4,9H,5-6H2,(H,12,13). The Balaban J connectivity index is 2.05. The second-order valence-electron chi connectivity index (χ2n) is 3.39. The molecule has 1 N–H and O–H groups in total. The molecule has 16 heavy (non-hydrogen) atoms. The van der Waals surface area contributed by atoms with Crippen molar-refractivity contribution in [1.82, 2.24) is 0 Å². The van der Waals surface area contributed by atoms with Gasteiger partial charge in [-0.2, -0.15) is 0 Å². The van der Waals surface area contributed by atoms with Gasteiger partial charge in [0.15, 0.2) is 0 Å². The zero-order valence-corrected chi connectivity index (χ0v) is 9.20. The van der Waals surface area contributed by atoms with Gasteiger partial charge < -0.3 is 9.84 Å². The summed E-state index contributed by atoms with van der Waals surface area (Å²) in [5, 5.41) is 8.56. The highest BCUT2D eigenvalue weighted by Gasteiger charge is 2.27. The fourth-order valence-electron chi connectivity index (χ4n) is 1.42. The smallest absolute Gasteiger partial charge is 0.335 e. The summed E-state index contributed by atoms with van der Waals surface area (Å²) in [6.07, 6.45) is 0.712. The summed E-state index contributed by atoms with van der Waals surface area (Å²) in [5.74, 6) is -1.14. The quantitative estimate of drug-likeness (QED) is 0.813. The van der Waals surface area contributed by atoms with Crippen LogP contribution in [-0.4, -0.2) is 28.9 Å². The van der Waals surface area contributed by atoms with Crippen LogP contribution in [0.2, 0.25) is 0 Å². The molecule has 1 saturated heterocycles. The van der Waals surface area contributed by atoms with Gasteiger partial charge in [-0.1, -0.05) is 0 Å². The molecule has 0 amide bonds. The van der Waals surface area contributed by atoms with E-state index in [1.165, 1.54) is 23.9 Å². The summed E-state index contributed by atoms with van der Waals surface area (Å²) < 4.78 is 4.85. The van der Waals surface area contributed by atoms with Gasteiger partial charge >= 0.3 is 11.9 Å². The molecular weight excluding hydrogens is 228 g/mol. The molecule has 1 aliphatic rings. The van der Waals surface area contributed by atoms with Gasteiger partial charge in [0.05, 0.1) is 12.2 Å². The lowest BCUT2D eigenvalue weighted by atomic mass is 10.2. The lowest BCUT2D eigenvalue weighted by Crippen LogP contribution is -2.09. The van der Waals surface area contributed by atoms with Crippen molar-refractivity contribution in [3.8, 4) is 0 Å². The number of esters is 1. The number of carboxylic acids is 1. The fourth-order valence-corrected chi connectivity index (χ4v) is 2.42. The fraction of sp³-hybridized carbons (Fsp3) is 0.273. The van der Waals surface area contributed by atoms with E-state index in [0.717, 1.165) is 4.90 Å². The molecule has 4 nitrogen and oxygen atoms in total. The molecule has 1 aromatic rings. The van der Waals surface area contributed by atoms with Crippen molar-refractivity contribution in [3.05, 3.63) is 29.8 Å². The Morgan fingerprint density at radius 2 is 2.06 bits per heavy atom. The first-order chi connectivity index (χ1) is 7.66. The van der Waals surface area contributed by atoms with Crippen LogP contribution in [0.3, 0.4) is 0 Å². The third-order valence-corrected chi connectivity index (χ3v) is 3.52. The monoisotopic (exact) mass is 238 g/mol. The number of cyclic esters (lactones) is 1. The summed E-state index contributed by atoms with van der Waals surface area (Å²) in [6, 6.07) is 6.48. The van der Waals surface area contributed by atoms with Gasteiger partial charge in [0.1, 0.15) is 5.25 Å². The molecule has 0 radical (unpaired) electrons. The van der Waals surface area contributed by atoms with Crippen LogP contribution in [0.5, 0.6) is 0 Å². The van der Waals surface area contributed by atoms with Crippen molar-refractivity contribution in [2.75, 3.05) is 6.61 Å². The van der Waals surface area contributed by atoms with Crippen molar-refractivity contribution in [3.63, 3.8) is 0 Å². The van der Waals surface area contributed by atoms with Crippen molar-refractivity contribution in [2.45, 2.75) is 16.6 Å². The summed E-state index contributed by atoms with van der Waals surface area (Å²) >= 11 is 1.41. The summed E-state index contributed by atoms with van der Waals surface area (Å²) in [7, 11) is 0. The van der Waals surface area contributed by atoms with Crippen LogP contribution in [0.15, 0.2) is 29.2 Å². The molecule has 1 aliphatic heterocycles. The lowest BCUT2D eigenvalue weighted by Gasteiger charge is -2.05. The number of aromatic carboxylic acids is 1. The minimum absolute atomic E-state index is 0.157. The molecule has 0 aromatic heterocycles. The summed E-state index contributed by atoms with van der Waals surface area (Å²) in [5.41, 5.74) is 0.248. The molecule has 1 atom stereocenters. The van der Waals surface area contributed by atoms with Crippen LogP contribution >= 0.6 is 11.8 Å². The number of carbonyl (C=O) groups is 2. The van der Waals surface area contributed by atoms with Crippen LogP contribution in [0.4, 0.5) is 0 Å². The number of thioether (sulfide) groups is 1. The predicted molar refractivity (Wildman–Crippen MR) is 58.6 cm³/mol. The molecule has 1 aromatic carbocycles. The normalized spacial score (nSPS) is 19.5. The van der Waals surface area contributed by atoms with Crippen LogP contribution < -0.4 is 0 Å². The van der Waals surface area contributed by atoms with E-state index in [-0.39, 0.29) is 16.8 Å². The van der Waals surface area contributed by atoms with Gasteiger partial charge in [-0.15, -0.1) is 11.8 Å². The molecule has 2 rings (SSSR count). The number of benzene rings is 1. The molecular formula is C11H10O4S. The van der Waals surface area contributed by atoms with Gasteiger partial charge in [-0.25, -0.2) is 4.79 Å². The first kappa shape index (κ1) is 11.0. The number of carboxylic acid groups (broad SMARTS) is 1. The van der Waals surface area contributed by atoms with E-state index in [1.807, 2.05) is 0 Å². The Morgan fingerprint density at radius 1 is 1.38 bits per heavy atom. The second kappa shape index (κ2) is 4.57. The average molecular weight is 238 g/mol. The summed E-state index contributed by atoms with van der Waals surface area (Å²) in [6.45, 7) is 0.476. The van der Waals surface area contributed by atoms with Gasteiger partial charge in [0.2, 0.25) is 0 Å². The van der Waals surface area contributed by atoms with Crippen molar-refractivity contribution in [1.29, 1.82) is 0 Å². The number of hydrogen-bond acceptors (Lipinski definition) is 4. The molecule has 0 bridgehead atoms. The summed E-state index contributed by atoms with van der Waals surface area (Å²) in [4.78, 5) is 22.7. The highest BCUT2D eigenvalue weighted by molar-refractivity contribution is 8.00. The Morgan fingerprint density at radius 3 is 2.56 bits per heavy atom. The molecule has 0 saturated carbocycles. The Hall–Kier alpha value is -1.49. The Kier molecular flexibility index (Phi) is 3.14. The van der Waals surface area contributed by atoms with Crippen LogP contribution in [-0.2, 0) is 9.53 Å². The molecule has 1 unspecified atom stereocenters. The first-order valence-electron chi connectivity index (χ1n) is 4.83. The average Bonchev–Trinajstić information content (AvgIpc) is 2.65. The lowest BCUT2D eigenvalue weighted by molar-refractivity contribution is -0.137. The largest absolute Gasteiger partial charge is 0.478 e. The second-order valence-corrected chi connectivity index (χ2v) is 4.67. The van der Waals surface area contributed by atoms with E-state index in [4.69, 9.17) is 9.84 Å². The van der Waals surface area contributed by atoms with E-state index in [9.17, 15) is 9.59 Å². The highest BCUT2D eigenvalue weighted by atomic mass is 32.2. The SMILES string of the molecule is O=C(O)c1ccc(SC2CCOC2=O)cc1. The topological polar surface area (TPSA) is 63.6 Å². The third kappa shape index (κ3) is 2.36. The zero-order valence-electron chi connectivity index (χ0n) is 8.38. The van der Waals surface area contributed by atoms with Gasteiger partial charge in [-0.05, 0) is 24.3 Å². The van der Waals surface area contributed by atoms with E-state index in [2.05, 4.69) is 0 Å². The van der Waals surface area contributed by atoms with E-state index in [1.54, 1.807) is 12.1 Å². The van der Waals surface area contributed by atoms with Crippen molar-refractivity contribution in [2.24, 2.45) is 0 Å². The molecule has 1 fully saturated rings.